The van der Waals surface area contributed by atoms with Gasteiger partial charge in [-0.2, -0.15) is 0 Å². The summed E-state index contributed by atoms with van der Waals surface area (Å²) in [5, 5.41) is 18.5. The average Bonchev–Trinajstić information content (AvgIpc) is 2.28. The Morgan fingerprint density at radius 2 is 2.00 bits per heavy atom. The van der Waals surface area contributed by atoms with Gasteiger partial charge in [-0.25, -0.2) is 0 Å². The van der Waals surface area contributed by atoms with Crippen molar-refractivity contribution in [2.45, 2.75) is 12.5 Å². The van der Waals surface area contributed by atoms with Crippen molar-refractivity contribution in [2.24, 2.45) is 0 Å². The highest BCUT2D eigenvalue weighted by Gasteiger charge is 2.13. The molecule has 1 aromatic carbocycles. The Hall–Kier alpha value is -1.26. The minimum atomic E-state index is -0.712. The molecule has 0 unspecified atom stereocenters. The molecule has 84 valence electrons. The fraction of sp³-hybridized carbons (Fsp3) is 0.455. The second-order valence-corrected chi connectivity index (χ2v) is 3.14. The Kier molecular flexibility index (Phi) is 4.39. The molecule has 0 spiro atoms. The van der Waals surface area contributed by atoms with E-state index < -0.39 is 6.10 Å². The van der Waals surface area contributed by atoms with Crippen molar-refractivity contribution in [1.82, 2.24) is 0 Å². The first kappa shape index (κ1) is 11.8. The van der Waals surface area contributed by atoms with Crippen LogP contribution in [0.4, 0.5) is 0 Å². The van der Waals surface area contributed by atoms with Crippen LogP contribution in [0.25, 0.3) is 0 Å². The van der Waals surface area contributed by atoms with Gasteiger partial charge < -0.3 is 19.7 Å². The van der Waals surface area contributed by atoms with Crippen molar-refractivity contribution in [3.05, 3.63) is 23.8 Å². The van der Waals surface area contributed by atoms with E-state index in [2.05, 4.69) is 0 Å². The van der Waals surface area contributed by atoms with Gasteiger partial charge in [-0.1, -0.05) is 0 Å². The Morgan fingerprint density at radius 1 is 1.27 bits per heavy atom. The zero-order valence-corrected chi connectivity index (χ0v) is 8.93. The summed E-state index contributed by atoms with van der Waals surface area (Å²) in [6, 6.07) is 5.19. The maximum atomic E-state index is 9.72. The molecule has 2 N–H and O–H groups in total. The molecule has 1 atom stereocenters. The highest BCUT2D eigenvalue weighted by atomic mass is 16.5. The van der Waals surface area contributed by atoms with E-state index in [0.717, 1.165) is 0 Å². The van der Waals surface area contributed by atoms with Crippen LogP contribution in [0.5, 0.6) is 11.5 Å². The third-order valence-corrected chi connectivity index (χ3v) is 2.20. The SMILES string of the molecule is COc1ccc([C@@H](O)CCO)c(OC)c1. The molecule has 0 bridgehead atoms. The molecule has 0 aromatic heterocycles. The summed E-state index contributed by atoms with van der Waals surface area (Å²) in [4.78, 5) is 0. The first-order valence-electron chi connectivity index (χ1n) is 4.73. The largest absolute Gasteiger partial charge is 0.497 e. The van der Waals surface area contributed by atoms with Crippen LogP contribution in [0, 0.1) is 0 Å². The lowest BCUT2D eigenvalue weighted by atomic mass is 10.1. The van der Waals surface area contributed by atoms with Crippen LogP contribution in [0.2, 0.25) is 0 Å². The molecule has 0 saturated carbocycles. The predicted molar refractivity (Wildman–Crippen MR) is 56.2 cm³/mol. The first-order valence-corrected chi connectivity index (χ1v) is 4.73. The maximum absolute atomic E-state index is 9.72. The Balaban J connectivity index is 2.96. The van der Waals surface area contributed by atoms with E-state index in [1.807, 2.05) is 0 Å². The summed E-state index contributed by atoms with van der Waals surface area (Å²) in [6.45, 7) is -0.0592. The number of aliphatic hydroxyl groups excluding tert-OH is 2. The lowest BCUT2D eigenvalue weighted by Crippen LogP contribution is -2.03. The third-order valence-electron chi connectivity index (χ3n) is 2.20. The van der Waals surface area contributed by atoms with Crippen molar-refractivity contribution in [3.8, 4) is 11.5 Å². The Bertz CT molecular complexity index is 311. The van der Waals surface area contributed by atoms with Gasteiger partial charge in [-0.15, -0.1) is 0 Å². The summed E-state index contributed by atoms with van der Waals surface area (Å²) >= 11 is 0. The minimum absolute atomic E-state index is 0.0592. The van der Waals surface area contributed by atoms with E-state index in [1.165, 1.54) is 7.11 Å². The number of rotatable bonds is 5. The van der Waals surface area contributed by atoms with Crippen molar-refractivity contribution in [1.29, 1.82) is 0 Å². The van der Waals surface area contributed by atoms with Gasteiger partial charge in [0, 0.05) is 24.7 Å². The Labute approximate surface area is 89.1 Å². The van der Waals surface area contributed by atoms with Crippen molar-refractivity contribution >= 4 is 0 Å². The third kappa shape index (κ3) is 2.84. The molecule has 0 saturated heterocycles. The topological polar surface area (TPSA) is 58.9 Å². The highest BCUT2D eigenvalue weighted by Crippen LogP contribution is 2.30. The van der Waals surface area contributed by atoms with Crippen molar-refractivity contribution in [2.75, 3.05) is 20.8 Å². The fourth-order valence-electron chi connectivity index (χ4n) is 1.37. The van der Waals surface area contributed by atoms with Crippen molar-refractivity contribution < 1.29 is 19.7 Å². The Morgan fingerprint density at radius 3 is 2.53 bits per heavy atom. The van der Waals surface area contributed by atoms with Gasteiger partial charge in [0.2, 0.25) is 0 Å². The minimum Gasteiger partial charge on any atom is -0.497 e. The molecule has 0 radical (unpaired) electrons. The molecule has 1 rings (SSSR count). The van der Waals surface area contributed by atoms with Gasteiger partial charge in [-0.3, -0.25) is 0 Å². The van der Waals surface area contributed by atoms with Crippen LogP contribution >= 0.6 is 0 Å². The summed E-state index contributed by atoms with van der Waals surface area (Å²) < 4.78 is 10.2. The highest BCUT2D eigenvalue weighted by molar-refractivity contribution is 5.41. The maximum Gasteiger partial charge on any atom is 0.128 e. The van der Waals surface area contributed by atoms with Crippen LogP contribution in [-0.4, -0.2) is 31.0 Å². The van der Waals surface area contributed by atoms with Gasteiger partial charge in [0.25, 0.3) is 0 Å². The predicted octanol–water partition coefficient (Wildman–Crippen LogP) is 1.12. The molecule has 1 aromatic rings. The van der Waals surface area contributed by atoms with Crippen LogP contribution < -0.4 is 9.47 Å². The first-order chi connectivity index (χ1) is 7.22. The summed E-state index contributed by atoms with van der Waals surface area (Å²) in [7, 11) is 3.10. The molecule has 0 fully saturated rings. The van der Waals surface area contributed by atoms with Crippen LogP contribution in [0.3, 0.4) is 0 Å². The second-order valence-electron chi connectivity index (χ2n) is 3.14. The van der Waals surface area contributed by atoms with Gasteiger partial charge in [-0.05, 0) is 12.1 Å². The van der Waals surface area contributed by atoms with Gasteiger partial charge in [0.1, 0.15) is 11.5 Å². The van der Waals surface area contributed by atoms with Crippen LogP contribution in [0.15, 0.2) is 18.2 Å². The molecule has 4 nitrogen and oxygen atoms in total. The molecular formula is C11H16O4. The molecular weight excluding hydrogens is 196 g/mol. The lowest BCUT2D eigenvalue weighted by Gasteiger charge is -2.14. The normalized spacial score (nSPS) is 12.3. The number of benzene rings is 1. The number of methoxy groups -OCH3 is 2. The molecule has 0 aliphatic heterocycles. The molecule has 0 aliphatic rings. The number of ether oxygens (including phenoxy) is 2. The van der Waals surface area contributed by atoms with Gasteiger partial charge in [0.15, 0.2) is 0 Å². The van der Waals surface area contributed by atoms with E-state index in [9.17, 15) is 5.11 Å². The average molecular weight is 212 g/mol. The molecule has 0 heterocycles. The zero-order valence-electron chi connectivity index (χ0n) is 8.93. The lowest BCUT2D eigenvalue weighted by molar-refractivity contribution is 0.131. The van der Waals surface area contributed by atoms with Crippen molar-refractivity contribution in [3.63, 3.8) is 0 Å². The van der Waals surface area contributed by atoms with Gasteiger partial charge in [0.05, 0.1) is 20.3 Å². The van der Waals surface area contributed by atoms with E-state index in [4.69, 9.17) is 14.6 Å². The number of aliphatic hydroxyl groups is 2. The van der Waals surface area contributed by atoms with Crippen LogP contribution in [0.1, 0.15) is 18.1 Å². The summed E-state index contributed by atoms with van der Waals surface area (Å²) in [5.41, 5.74) is 0.660. The molecule has 0 aliphatic carbocycles. The number of hydrogen-bond acceptors (Lipinski definition) is 4. The fourth-order valence-corrected chi connectivity index (χ4v) is 1.37. The van der Waals surface area contributed by atoms with E-state index in [-0.39, 0.29) is 6.61 Å². The van der Waals surface area contributed by atoms with Crippen LogP contribution in [-0.2, 0) is 0 Å². The summed E-state index contributed by atoms with van der Waals surface area (Å²) in [6.07, 6.45) is -0.418. The zero-order chi connectivity index (χ0) is 11.3. The molecule has 0 amide bonds. The quantitative estimate of drug-likeness (QED) is 0.768. The second kappa shape index (κ2) is 5.58. The smallest absolute Gasteiger partial charge is 0.128 e. The standard InChI is InChI=1S/C11H16O4/c1-14-8-3-4-9(10(13)5-6-12)11(7-8)15-2/h3-4,7,10,12-13H,5-6H2,1-2H3/t10-/m0/s1. The molecule has 4 heteroatoms. The van der Waals surface area contributed by atoms with E-state index in [1.54, 1.807) is 25.3 Å². The van der Waals surface area contributed by atoms with Gasteiger partial charge >= 0.3 is 0 Å². The summed E-state index contributed by atoms with van der Waals surface area (Å²) in [5.74, 6) is 1.24. The monoisotopic (exact) mass is 212 g/mol. The molecule has 15 heavy (non-hydrogen) atoms. The van der Waals surface area contributed by atoms with E-state index >= 15 is 0 Å². The number of hydrogen-bond donors (Lipinski definition) is 2. The van der Waals surface area contributed by atoms with E-state index in [0.29, 0.717) is 23.5 Å².